The van der Waals surface area contributed by atoms with Crippen molar-refractivity contribution < 1.29 is 4.74 Å². The summed E-state index contributed by atoms with van der Waals surface area (Å²) in [6.45, 7) is 4.21. The summed E-state index contributed by atoms with van der Waals surface area (Å²) in [5, 5.41) is 0. The van der Waals surface area contributed by atoms with E-state index in [4.69, 9.17) is 11.6 Å². The van der Waals surface area contributed by atoms with Crippen LogP contribution >= 0.6 is 11.6 Å². The minimum absolute atomic E-state index is 0.287. The summed E-state index contributed by atoms with van der Waals surface area (Å²) in [4.78, 5) is 0. The Balaban J connectivity index is 2.34. The Hall–Kier alpha value is 0.250. The van der Waals surface area contributed by atoms with Gasteiger partial charge in [-0.2, -0.15) is 0 Å². The van der Waals surface area contributed by atoms with Crippen LogP contribution in [0, 0.1) is 6.92 Å². The van der Waals surface area contributed by atoms with E-state index in [0.717, 1.165) is 6.42 Å². The number of rotatable bonds is 3. The molecule has 0 unspecified atom stereocenters. The van der Waals surface area contributed by atoms with E-state index in [2.05, 4.69) is 11.7 Å². The van der Waals surface area contributed by atoms with Crippen LogP contribution in [0.2, 0.25) is 0 Å². The van der Waals surface area contributed by atoms with E-state index in [1.807, 2.05) is 0 Å². The van der Waals surface area contributed by atoms with E-state index in [1.165, 1.54) is 0 Å². The van der Waals surface area contributed by atoms with Crippen LogP contribution in [0.5, 0.6) is 0 Å². The molecule has 0 bridgehead atoms. The van der Waals surface area contributed by atoms with Gasteiger partial charge in [0.05, 0.1) is 0 Å². The molecule has 0 aromatic rings. The highest BCUT2D eigenvalue weighted by molar-refractivity contribution is 6.17. The average molecular weight is 108 g/mol. The normalized spacial score (nSPS) is 9.00. The number of hydrogen-bond acceptors (Lipinski definition) is 1. The van der Waals surface area contributed by atoms with Crippen molar-refractivity contribution in [3.05, 3.63) is 6.92 Å². The summed E-state index contributed by atoms with van der Waals surface area (Å²) in [6.07, 6.45) is 0.798. The van der Waals surface area contributed by atoms with Crippen LogP contribution in [0.15, 0.2) is 0 Å². The molecule has 1 nitrogen and oxygen atoms in total. The molecule has 0 amide bonds. The number of hydrogen-bond donors (Lipinski definition) is 0. The molecule has 0 aromatic heterocycles. The van der Waals surface area contributed by atoms with Crippen LogP contribution < -0.4 is 0 Å². The second-order valence-electron chi connectivity index (χ2n) is 0.871. The molecule has 0 aliphatic heterocycles. The Morgan fingerprint density at radius 3 is 2.50 bits per heavy atom. The van der Waals surface area contributed by atoms with E-state index in [0.29, 0.717) is 6.61 Å². The molecule has 0 N–H and O–H groups in total. The first-order valence-corrected chi connectivity index (χ1v) is 2.38. The molecule has 0 spiro atoms. The maximum Gasteiger partial charge on any atom is 0.120 e. The SMILES string of the molecule is [CH2]CCOCCl. The van der Waals surface area contributed by atoms with Gasteiger partial charge in [0.1, 0.15) is 6.07 Å². The zero-order valence-corrected chi connectivity index (χ0v) is 4.37. The van der Waals surface area contributed by atoms with Gasteiger partial charge in [0.25, 0.3) is 0 Å². The number of halogens is 1. The molecule has 0 saturated carbocycles. The molecule has 37 valence electrons. The third-order valence-electron chi connectivity index (χ3n) is 0.366. The van der Waals surface area contributed by atoms with Crippen molar-refractivity contribution in [1.29, 1.82) is 0 Å². The van der Waals surface area contributed by atoms with Crippen molar-refractivity contribution in [3.63, 3.8) is 0 Å². The zero-order valence-electron chi connectivity index (χ0n) is 3.61. The summed E-state index contributed by atoms with van der Waals surface area (Å²) in [5.74, 6) is 0. The monoisotopic (exact) mass is 107 g/mol. The summed E-state index contributed by atoms with van der Waals surface area (Å²) < 4.78 is 4.69. The third-order valence-corrected chi connectivity index (χ3v) is 0.520. The van der Waals surface area contributed by atoms with Crippen LogP contribution in [-0.4, -0.2) is 12.7 Å². The lowest BCUT2D eigenvalue weighted by Gasteiger charge is -1.89. The lowest BCUT2D eigenvalue weighted by molar-refractivity contribution is 0.184. The first kappa shape index (κ1) is 6.25. The van der Waals surface area contributed by atoms with E-state index in [1.54, 1.807) is 0 Å². The van der Waals surface area contributed by atoms with Crippen LogP contribution in [0.3, 0.4) is 0 Å². The van der Waals surface area contributed by atoms with Crippen molar-refractivity contribution in [2.24, 2.45) is 0 Å². The Kier molecular flexibility index (Phi) is 5.47. The molecule has 1 radical (unpaired) electrons. The lowest BCUT2D eigenvalue weighted by atomic mass is 10.5. The largest absolute Gasteiger partial charge is 0.366 e. The van der Waals surface area contributed by atoms with Gasteiger partial charge < -0.3 is 4.74 Å². The molecule has 0 saturated heterocycles. The van der Waals surface area contributed by atoms with E-state index >= 15 is 0 Å². The van der Waals surface area contributed by atoms with Crippen molar-refractivity contribution in [1.82, 2.24) is 0 Å². The second-order valence-corrected chi connectivity index (χ2v) is 1.09. The predicted molar refractivity (Wildman–Crippen MR) is 26.6 cm³/mol. The molecule has 0 rings (SSSR count). The van der Waals surface area contributed by atoms with Gasteiger partial charge in [-0.05, 0) is 6.42 Å². The Morgan fingerprint density at radius 1 is 1.67 bits per heavy atom. The zero-order chi connectivity index (χ0) is 4.83. The Morgan fingerprint density at radius 2 is 2.33 bits per heavy atom. The van der Waals surface area contributed by atoms with Gasteiger partial charge >= 0.3 is 0 Å². The van der Waals surface area contributed by atoms with Crippen LogP contribution in [0.4, 0.5) is 0 Å². The lowest BCUT2D eigenvalue weighted by Crippen LogP contribution is -1.86. The van der Waals surface area contributed by atoms with E-state index in [9.17, 15) is 0 Å². The first-order chi connectivity index (χ1) is 2.91. The fraction of sp³-hybridized carbons (Fsp3) is 0.750. The molecular formula is C4H8ClO. The van der Waals surface area contributed by atoms with Crippen molar-refractivity contribution >= 4 is 11.6 Å². The van der Waals surface area contributed by atoms with Crippen LogP contribution in [0.1, 0.15) is 6.42 Å². The number of alkyl halides is 1. The minimum Gasteiger partial charge on any atom is -0.366 e. The molecule has 0 fully saturated rings. The molecule has 0 aliphatic rings. The molecule has 0 heterocycles. The quantitative estimate of drug-likeness (QED) is 0.392. The van der Waals surface area contributed by atoms with Crippen LogP contribution in [0.25, 0.3) is 0 Å². The molecule has 2 heteroatoms. The summed E-state index contributed by atoms with van der Waals surface area (Å²) in [6, 6.07) is 0.287. The van der Waals surface area contributed by atoms with E-state index < -0.39 is 0 Å². The average Bonchev–Trinajstić information content (AvgIpc) is 1.61. The van der Waals surface area contributed by atoms with Gasteiger partial charge in [-0.1, -0.05) is 18.5 Å². The Bertz CT molecular complexity index is 19.5. The third kappa shape index (κ3) is 4.25. The fourth-order valence-electron chi connectivity index (χ4n) is 0.157. The fourth-order valence-corrected chi connectivity index (χ4v) is 0.266. The smallest absolute Gasteiger partial charge is 0.120 e. The van der Waals surface area contributed by atoms with Crippen LogP contribution in [-0.2, 0) is 4.74 Å². The maximum atomic E-state index is 5.13. The Labute approximate surface area is 43.3 Å². The minimum atomic E-state index is 0.287. The maximum absolute atomic E-state index is 5.13. The van der Waals surface area contributed by atoms with Gasteiger partial charge in [0.2, 0.25) is 0 Å². The number of ether oxygens (including phenoxy) is 1. The highest BCUT2D eigenvalue weighted by Crippen LogP contribution is 1.80. The molecule has 0 aliphatic carbocycles. The molecule has 0 atom stereocenters. The standard InChI is InChI=1S/C4H8ClO/c1-2-3-6-4-5/h1-4H2. The van der Waals surface area contributed by atoms with Gasteiger partial charge in [-0.15, -0.1) is 0 Å². The molecular weight excluding hydrogens is 99.5 g/mol. The molecule has 6 heavy (non-hydrogen) atoms. The predicted octanol–water partition coefficient (Wildman–Crippen LogP) is 1.42. The van der Waals surface area contributed by atoms with Crippen molar-refractivity contribution in [2.75, 3.05) is 12.7 Å². The molecule has 0 aromatic carbocycles. The van der Waals surface area contributed by atoms with E-state index in [-0.39, 0.29) is 6.07 Å². The highest BCUT2D eigenvalue weighted by Gasteiger charge is 1.74. The van der Waals surface area contributed by atoms with Gasteiger partial charge in [0, 0.05) is 6.61 Å². The first-order valence-electron chi connectivity index (χ1n) is 1.84. The van der Waals surface area contributed by atoms with Crippen molar-refractivity contribution in [3.8, 4) is 0 Å². The topological polar surface area (TPSA) is 9.23 Å². The van der Waals surface area contributed by atoms with Gasteiger partial charge in [-0.25, -0.2) is 0 Å². The van der Waals surface area contributed by atoms with Gasteiger partial charge in [-0.3, -0.25) is 0 Å². The second kappa shape index (κ2) is 5.25. The van der Waals surface area contributed by atoms with Gasteiger partial charge in [0.15, 0.2) is 0 Å². The van der Waals surface area contributed by atoms with Crippen molar-refractivity contribution in [2.45, 2.75) is 6.42 Å². The summed E-state index contributed by atoms with van der Waals surface area (Å²) in [7, 11) is 0. The summed E-state index contributed by atoms with van der Waals surface area (Å²) >= 11 is 5.13. The highest BCUT2D eigenvalue weighted by atomic mass is 35.5. The summed E-state index contributed by atoms with van der Waals surface area (Å²) in [5.41, 5.74) is 0.